The van der Waals surface area contributed by atoms with Gasteiger partial charge in [-0.1, -0.05) is 6.92 Å². The van der Waals surface area contributed by atoms with Gasteiger partial charge in [0.25, 0.3) is 0 Å². The molecule has 1 aliphatic rings. The molecule has 0 aromatic rings. The van der Waals surface area contributed by atoms with Crippen LogP contribution in [0.3, 0.4) is 0 Å². The lowest BCUT2D eigenvalue weighted by atomic mass is 10.0. The number of esters is 1. The van der Waals surface area contributed by atoms with Crippen molar-refractivity contribution in [2.45, 2.75) is 51.9 Å². The summed E-state index contributed by atoms with van der Waals surface area (Å²) in [6.45, 7) is 7.19. The summed E-state index contributed by atoms with van der Waals surface area (Å²) in [6, 6.07) is -0.551. The average Bonchev–Trinajstić information content (AvgIpc) is 2.07. The number of amides is 1. The maximum absolute atomic E-state index is 11.3. The molecule has 1 aliphatic heterocycles. The van der Waals surface area contributed by atoms with E-state index in [4.69, 9.17) is 9.47 Å². The van der Waals surface area contributed by atoms with Crippen molar-refractivity contribution in [1.82, 2.24) is 5.32 Å². The van der Waals surface area contributed by atoms with Gasteiger partial charge in [-0.05, 0) is 27.2 Å². The number of cyclic esters (lactones) is 1. The van der Waals surface area contributed by atoms with Gasteiger partial charge < -0.3 is 14.8 Å². The van der Waals surface area contributed by atoms with Crippen LogP contribution in [0.4, 0.5) is 4.79 Å². The Hall–Kier alpha value is -1.26. The number of carbonyl (C=O) groups is 2. The summed E-state index contributed by atoms with van der Waals surface area (Å²) in [5, 5.41) is 2.49. The van der Waals surface area contributed by atoms with Gasteiger partial charge in [0, 0.05) is 0 Å². The van der Waals surface area contributed by atoms with E-state index >= 15 is 0 Å². The number of rotatable bonds is 2. The molecule has 0 unspecified atom stereocenters. The van der Waals surface area contributed by atoms with Crippen LogP contribution in [0.15, 0.2) is 0 Å². The maximum atomic E-state index is 11.3. The van der Waals surface area contributed by atoms with E-state index in [-0.39, 0.29) is 6.10 Å². The second kappa shape index (κ2) is 4.08. The van der Waals surface area contributed by atoms with Crippen LogP contribution in [0.5, 0.6) is 0 Å². The van der Waals surface area contributed by atoms with E-state index in [1.807, 2.05) is 6.92 Å². The number of hydrogen-bond acceptors (Lipinski definition) is 4. The van der Waals surface area contributed by atoms with E-state index in [9.17, 15) is 9.59 Å². The van der Waals surface area contributed by atoms with Gasteiger partial charge in [-0.2, -0.15) is 0 Å². The molecule has 0 radical (unpaired) electrons. The Morgan fingerprint density at radius 2 is 2.13 bits per heavy atom. The first kappa shape index (κ1) is 11.8. The minimum absolute atomic E-state index is 0.218. The molecule has 1 saturated heterocycles. The fourth-order valence-electron chi connectivity index (χ4n) is 1.28. The van der Waals surface area contributed by atoms with Gasteiger partial charge in [-0.25, -0.2) is 9.59 Å². The largest absolute Gasteiger partial charge is 0.458 e. The fourth-order valence-corrected chi connectivity index (χ4v) is 1.28. The zero-order valence-corrected chi connectivity index (χ0v) is 9.49. The van der Waals surface area contributed by atoms with Crippen molar-refractivity contribution < 1.29 is 19.1 Å². The predicted molar refractivity (Wildman–Crippen MR) is 53.3 cm³/mol. The highest BCUT2D eigenvalue weighted by Gasteiger charge is 2.42. The lowest BCUT2D eigenvalue weighted by molar-refractivity contribution is -0.176. The lowest BCUT2D eigenvalue weighted by Gasteiger charge is -2.35. The van der Waals surface area contributed by atoms with Crippen molar-refractivity contribution in [1.29, 1.82) is 0 Å². The minimum atomic E-state index is -0.581. The Bertz CT molecular complexity index is 269. The summed E-state index contributed by atoms with van der Waals surface area (Å²) in [6.07, 6.45) is -0.112. The van der Waals surface area contributed by atoms with E-state index in [1.165, 1.54) is 0 Å². The average molecular weight is 215 g/mol. The molecule has 1 heterocycles. The quantitative estimate of drug-likeness (QED) is 0.703. The Kier molecular flexibility index (Phi) is 3.21. The van der Waals surface area contributed by atoms with Crippen LogP contribution in [-0.4, -0.2) is 29.8 Å². The number of alkyl carbamates (subject to hydrolysis) is 1. The lowest BCUT2D eigenvalue weighted by Crippen LogP contribution is -2.60. The van der Waals surface area contributed by atoms with Gasteiger partial charge in [0.15, 0.2) is 6.04 Å². The SMILES string of the molecule is CC[C@@H]1OC(=O)[C@@H]1NC(=O)OC(C)(C)C. The normalized spacial score (nSPS) is 25.2. The van der Waals surface area contributed by atoms with Gasteiger partial charge in [0.05, 0.1) is 0 Å². The van der Waals surface area contributed by atoms with Crippen molar-refractivity contribution in [3.8, 4) is 0 Å². The zero-order valence-electron chi connectivity index (χ0n) is 9.49. The van der Waals surface area contributed by atoms with E-state index in [0.717, 1.165) is 0 Å². The summed E-state index contributed by atoms with van der Waals surface area (Å²) in [5.74, 6) is -0.396. The molecule has 0 aliphatic carbocycles. The highest BCUT2D eigenvalue weighted by molar-refractivity contribution is 5.86. The van der Waals surface area contributed by atoms with Crippen molar-refractivity contribution in [2.24, 2.45) is 0 Å². The van der Waals surface area contributed by atoms with Crippen LogP contribution < -0.4 is 5.32 Å². The highest BCUT2D eigenvalue weighted by Crippen LogP contribution is 2.18. The van der Waals surface area contributed by atoms with E-state index in [0.29, 0.717) is 6.42 Å². The Morgan fingerprint density at radius 1 is 1.53 bits per heavy atom. The fraction of sp³-hybridized carbons (Fsp3) is 0.800. The van der Waals surface area contributed by atoms with Crippen LogP contribution in [0, 0.1) is 0 Å². The molecule has 86 valence electrons. The van der Waals surface area contributed by atoms with Crippen LogP contribution in [0.2, 0.25) is 0 Å². The second-order valence-corrected chi connectivity index (χ2v) is 4.51. The van der Waals surface area contributed by atoms with Crippen molar-refractivity contribution >= 4 is 12.1 Å². The first-order chi connectivity index (χ1) is 6.83. The van der Waals surface area contributed by atoms with Gasteiger partial charge in [0.1, 0.15) is 11.7 Å². The molecule has 0 saturated carbocycles. The van der Waals surface area contributed by atoms with Crippen molar-refractivity contribution in [3.05, 3.63) is 0 Å². The smallest absolute Gasteiger partial charge is 0.408 e. The molecule has 1 rings (SSSR count). The molecule has 0 aromatic carbocycles. The van der Waals surface area contributed by atoms with Gasteiger partial charge in [0.2, 0.25) is 0 Å². The molecule has 2 atom stereocenters. The Morgan fingerprint density at radius 3 is 2.53 bits per heavy atom. The van der Waals surface area contributed by atoms with Crippen LogP contribution in [0.1, 0.15) is 34.1 Å². The molecule has 1 amide bonds. The molecule has 0 aromatic heterocycles. The minimum Gasteiger partial charge on any atom is -0.458 e. The molecule has 1 fully saturated rings. The molecular weight excluding hydrogens is 198 g/mol. The number of carbonyl (C=O) groups excluding carboxylic acids is 2. The molecule has 15 heavy (non-hydrogen) atoms. The first-order valence-corrected chi connectivity index (χ1v) is 5.03. The topological polar surface area (TPSA) is 64.6 Å². The highest BCUT2D eigenvalue weighted by atomic mass is 16.6. The summed E-state index contributed by atoms with van der Waals surface area (Å²) >= 11 is 0. The summed E-state index contributed by atoms with van der Waals surface area (Å²) < 4.78 is 9.85. The van der Waals surface area contributed by atoms with Crippen LogP contribution in [-0.2, 0) is 14.3 Å². The third-order valence-corrected chi connectivity index (χ3v) is 1.97. The van der Waals surface area contributed by atoms with Gasteiger partial charge in [-0.3, -0.25) is 0 Å². The molecule has 5 nitrogen and oxygen atoms in total. The van der Waals surface area contributed by atoms with Crippen molar-refractivity contribution in [2.75, 3.05) is 0 Å². The number of nitrogens with one attached hydrogen (secondary N) is 1. The van der Waals surface area contributed by atoms with E-state index in [1.54, 1.807) is 20.8 Å². The molecule has 0 bridgehead atoms. The van der Waals surface area contributed by atoms with Crippen molar-refractivity contribution in [3.63, 3.8) is 0 Å². The standard InChI is InChI=1S/C10H17NO4/c1-5-6-7(8(12)14-6)11-9(13)15-10(2,3)4/h6-7H,5H2,1-4H3,(H,11,13)/t6-,7+/m0/s1. The second-order valence-electron chi connectivity index (χ2n) is 4.51. The van der Waals surface area contributed by atoms with E-state index < -0.39 is 23.7 Å². The third kappa shape index (κ3) is 3.11. The molecule has 0 spiro atoms. The molecular formula is C10H17NO4. The van der Waals surface area contributed by atoms with Gasteiger partial charge in [-0.15, -0.1) is 0 Å². The maximum Gasteiger partial charge on any atom is 0.408 e. The van der Waals surface area contributed by atoms with Gasteiger partial charge >= 0.3 is 12.1 Å². The first-order valence-electron chi connectivity index (χ1n) is 5.03. The van der Waals surface area contributed by atoms with E-state index in [2.05, 4.69) is 5.32 Å². The summed E-state index contributed by atoms with van der Waals surface area (Å²) in [5.41, 5.74) is -0.556. The third-order valence-electron chi connectivity index (χ3n) is 1.97. The number of hydrogen-bond donors (Lipinski definition) is 1. The molecule has 1 N–H and O–H groups in total. The monoisotopic (exact) mass is 215 g/mol. The predicted octanol–water partition coefficient (Wildman–Crippen LogP) is 1.22. The molecule has 5 heteroatoms. The Balaban J connectivity index is 2.41. The Labute approximate surface area is 89.1 Å². The van der Waals surface area contributed by atoms with Crippen LogP contribution in [0.25, 0.3) is 0 Å². The number of ether oxygens (including phenoxy) is 2. The van der Waals surface area contributed by atoms with Crippen LogP contribution >= 0.6 is 0 Å². The summed E-state index contributed by atoms with van der Waals surface area (Å²) in [7, 11) is 0. The zero-order chi connectivity index (χ0) is 11.6. The summed E-state index contributed by atoms with van der Waals surface area (Å²) in [4.78, 5) is 22.3.